The average molecular weight is 192 g/mol. The summed E-state index contributed by atoms with van der Waals surface area (Å²) in [6.07, 6.45) is 6.75. The zero-order valence-electron chi connectivity index (χ0n) is 10.2. The minimum absolute atomic E-state index is 0.387. The summed E-state index contributed by atoms with van der Waals surface area (Å²) in [5.74, 6) is 8.27. The van der Waals surface area contributed by atoms with Crippen LogP contribution in [0.25, 0.3) is 0 Å². The van der Waals surface area contributed by atoms with Gasteiger partial charge in [0.1, 0.15) is 0 Å². The molecule has 0 nitrogen and oxygen atoms in total. The Morgan fingerprint density at radius 2 is 1.64 bits per heavy atom. The highest BCUT2D eigenvalue weighted by molar-refractivity contribution is 5.15. The molecule has 1 rings (SSSR count). The van der Waals surface area contributed by atoms with Gasteiger partial charge in [0.2, 0.25) is 0 Å². The van der Waals surface area contributed by atoms with Crippen LogP contribution in [0, 0.1) is 29.1 Å². The second-order valence-electron chi connectivity index (χ2n) is 5.51. The molecule has 0 atom stereocenters. The Kier molecular flexibility index (Phi) is 4.05. The van der Waals surface area contributed by atoms with E-state index in [1.165, 1.54) is 32.1 Å². The molecule has 0 spiro atoms. The summed E-state index contributed by atoms with van der Waals surface area (Å²) in [6, 6.07) is 0. The highest BCUT2D eigenvalue weighted by Crippen LogP contribution is 2.42. The van der Waals surface area contributed by atoms with Gasteiger partial charge in [-0.25, -0.2) is 0 Å². The van der Waals surface area contributed by atoms with Crippen LogP contribution < -0.4 is 0 Å². The van der Waals surface area contributed by atoms with E-state index in [0.717, 1.165) is 5.92 Å². The van der Waals surface area contributed by atoms with Crippen molar-refractivity contribution < 1.29 is 0 Å². The number of rotatable bonds is 2. The van der Waals surface area contributed by atoms with Crippen molar-refractivity contribution in [2.45, 2.75) is 59.8 Å². The van der Waals surface area contributed by atoms with Crippen LogP contribution in [0.2, 0.25) is 0 Å². The first-order valence-electron chi connectivity index (χ1n) is 6.07. The first-order chi connectivity index (χ1) is 6.54. The minimum Gasteiger partial charge on any atom is -0.0999 e. The van der Waals surface area contributed by atoms with Crippen molar-refractivity contribution in [3.8, 4) is 11.8 Å². The second-order valence-corrected chi connectivity index (χ2v) is 5.51. The van der Waals surface area contributed by atoms with Crippen LogP contribution in [0.4, 0.5) is 0 Å². The summed E-state index contributed by atoms with van der Waals surface area (Å²) in [4.78, 5) is 0. The third-order valence-corrected chi connectivity index (χ3v) is 2.99. The van der Waals surface area contributed by atoms with Gasteiger partial charge in [0.25, 0.3) is 0 Å². The van der Waals surface area contributed by atoms with Gasteiger partial charge in [-0.15, -0.1) is 0 Å². The first kappa shape index (κ1) is 11.6. The summed E-state index contributed by atoms with van der Waals surface area (Å²) in [5.41, 5.74) is 0.387. The van der Waals surface area contributed by atoms with E-state index in [2.05, 4.69) is 39.5 Å². The maximum absolute atomic E-state index is 3.58. The number of hydrogen-bond donors (Lipinski definition) is 0. The summed E-state index contributed by atoms with van der Waals surface area (Å²) in [5, 5.41) is 0. The van der Waals surface area contributed by atoms with Gasteiger partial charge in [0, 0.05) is 11.3 Å². The fraction of sp³-hybridized carbons (Fsp3) is 0.857. The standard InChI is InChI=1S/C14H24/c1-12(2)7-10-14(11-13(3)4)8-5-6-9-14/h12-13H,5-6,8-9,11H2,1-4H3. The zero-order valence-corrected chi connectivity index (χ0v) is 10.2. The van der Waals surface area contributed by atoms with Crippen LogP contribution in [0.15, 0.2) is 0 Å². The maximum atomic E-state index is 3.58. The molecule has 0 unspecified atom stereocenters. The van der Waals surface area contributed by atoms with Gasteiger partial charge >= 0.3 is 0 Å². The summed E-state index contributed by atoms with van der Waals surface area (Å²) >= 11 is 0. The predicted molar refractivity (Wildman–Crippen MR) is 63.0 cm³/mol. The zero-order chi connectivity index (χ0) is 10.6. The van der Waals surface area contributed by atoms with Crippen molar-refractivity contribution >= 4 is 0 Å². The molecule has 80 valence electrons. The lowest BCUT2D eigenvalue weighted by atomic mass is 9.79. The summed E-state index contributed by atoms with van der Waals surface area (Å²) < 4.78 is 0. The fourth-order valence-electron chi connectivity index (χ4n) is 2.51. The van der Waals surface area contributed by atoms with E-state index in [1.54, 1.807) is 0 Å². The van der Waals surface area contributed by atoms with E-state index in [1.807, 2.05) is 0 Å². The quantitative estimate of drug-likeness (QED) is 0.574. The van der Waals surface area contributed by atoms with Crippen molar-refractivity contribution in [1.82, 2.24) is 0 Å². The lowest BCUT2D eigenvalue weighted by molar-refractivity contribution is 0.325. The molecular formula is C14H24. The molecule has 1 fully saturated rings. The normalized spacial score (nSPS) is 19.9. The van der Waals surface area contributed by atoms with E-state index in [4.69, 9.17) is 0 Å². The van der Waals surface area contributed by atoms with Crippen LogP contribution in [0.5, 0.6) is 0 Å². The van der Waals surface area contributed by atoms with E-state index in [9.17, 15) is 0 Å². The average Bonchev–Trinajstić information content (AvgIpc) is 2.49. The fourth-order valence-corrected chi connectivity index (χ4v) is 2.51. The molecule has 0 aromatic carbocycles. The SMILES string of the molecule is CC(C)C#CC1(CC(C)C)CCCC1. The van der Waals surface area contributed by atoms with Gasteiger partial charge < -0.3 is 0 Å². The Balaban J connectivity index is 2.68. The topological polar surface area (TPSA) is 0 Å². The van der Waals surface area contributed by atoms with E-state index in [0.29, 0.717) is 11.3 Å². The molecule has 0 aliphatic heterocycles. The summed E-state index contributed by atoms with van der Waals surface area (Å²) in [6.45, 7) is 9.00. The van der Waals surface area contributed by atoms with Crippen LogP contribution in [0.1, 0.15) is 59.8 Å². The van der Waals surface area contributed by atoms with Gasteiger partial charge in [-0.1, -0.05) is 52.4 Å². The van der Waals surface area contributed by atoms with Crippen LogP contribution in [0.3, 0.4) is 0 Å². The largest absolute Gasteiger partial charge is 0.0999 e. The van der Waals surface area contributed by atoms with Gasteiger partial charge in [-0.2, -0.15) is 0 Å². The molecule has 0 N–H and O–H groups in total. The van der Waals surface area contributed by atoms with Crippen molar-refractivity contribution in [3.05, 3.63) is 0 Å². The lowest BCUT2D eigenvalue weighted by Gasteiger charge is -2.24. The van der Waals surface area contributed by atoms with Crippen LogP contribution >= 0.6 is 0 Å². The summed E-state index contributed by atoms with van der Waals surface area (Å²) in [7, 11) is 0. The number of hydrogen-bond acceptors (Lipinski definition) is 0. The molecule has 0 bridgehead atoms. The molecule has 1 aliphatic rings. The van der Waals surface area contributed by atoms with Gasteiger partial charge in [0.05, 0.1) is 0 Å². The highest BCUT2D eigenvalue weighted by Gasteiger charge is 2.32. The Labute approximate surface area is 89.5 Å². The lowest BCUT2D eigenvalue weighted by Crippen LogP contribution is -2.16. The van der Waals surface area contributed by atoms with Gasteiger partial charge in [-0.3, -0.25) is 0 Å². The Hall–Kier alpha value is -0.440. The van der Waals surface area contributed by atoms with E-state index >= 15 is 0 Å². The molecular weight excluding hydrogens is 168 g/mol. The maximum Gasteiger partial charge on any atom is 0.0317 e. The molecule has 0 heteroatoms. The van der Waals surface area contributed by atoms with Crippen LogP contribution in [-0.4, -0.2) is 0 Å². The van der Waals surface area contributed by atoms with E-state index in [-0.39, 0.29) is 0 Å². The molecule has 0 aromatic rings. The monoisotopic (exact) mass is 192 g/mol. The van der Waals surface area contributed by atoms with Crippen molar-refractivity contribution in [2.75, 3.05) is 0 Å². The Morgan fingerprint density at radius 1 is 1.07 bits per heavy atom. The second kappa shape index (κ2) is 4.87. The highest BCUT2D eigenvalue weighted by atomic mass is 14.4. The molecule has 14 heavy (non-hydrogen) atoms. The third kappa shape index (κ3) is 3.37. The Bertz CT molecular complexity index is 218. The smallest absolute Gasteiger partial charge is 0.0317 e. The molecule has 0 heterocycles. The van der Waals surface area contributed by atoms with Crippen molar-refractivity contribution in [1.29, 1.82) is 0 Å². The van der Waals surface area contributed by atoms with E-state index < -0.39 is 0 Å². The molecule has 0 aromatic heterocycles. The molecule has 0 amide bonds. The van der Waals surface area contributed by atoms with Crippen LogP contribution in [-0.2, 0) is 0 Å². The predicted octanol–water partition coefficient (Wildman–Crippen LogP) is 4.25. The molecule has 1 aliphatic carbocycles. The van der Waals surface area contributed by atoms with Gasteiger partial charge in [-0.05, 0) is 25.2 Å². The van der Waals surface area contributed by atoms with Gasteiger partial charge in [0.15, 0.2) is 0 Å². The van der Waals surface area contributed by atoms with Crippen molar-refractivity contribution in [3.63, 3.8) is 0 Å². The third-order valence-electron chi connectivity index (χ3n) is 2.99. The Morgan fingerprint density at radius 3 is 2.07 bits per heavy atom. The van der Waals surface area contributed by atoms with Crippen molar-refractivity contribution in [2.24, 2.45) is 17.3 Å². The molecule has 0 radical (unpaired) electrons. The molecule has 1 saturated carbocycles. The molecule has 0 saturated heterocycles. The first-order valence-corrected chi connectivity index (χ1v) is 6.07. The minimum atomic E-state index is 0.387.